The molecule has 0 aromatic carbocycles. The molecule has 3 N–H and O–H groups in total. The Morgan fingerprint density at radius 1 is 1.39 bits per heavy atom. The average molecular weight is 281 g/mol. The molecule has 0 aliphatic heterocycles. The van der Waals surface area contributed by atoms with Crippen LogP contribution in [0.2, 0.25) is 5.15 Å². The lowest BCUT2D eigenvalue weighted by atomic mass is 10.2. The molecule has 1 aliphatic rings. The van der Waals surface area contributed by atoms with Crippen LogP contribution in [0.1, 0.15) is 25.0 Å². The highest BCUT2D eigenvalue weighted by Gasteiger charge is 2.34. The predicted molar refractivity (Wildman–Crippen MR) is 61.3 cm³/mol. The monoisotopic (exact) mass is 280 g/mol. The van der Waals surface area contributed by atoms with E-state index in [0.29, 0.717) is 6.20 Å². The van der Waals surface area contributed by atoms with Crippen LogP contribution in [-0.4, -0.2) is 22.1 Å². The zero-order valence-electron chi connectivity index (χ0n) is 9.34. The summed E-state index contributed by atoms with van der Waals surface area (Å²) in [6.45, 7) is 0. The molecule has 0 amide bonds. The fourth-order valence-electron chi connectivity index (χ4n) is 1.94. The van der Waals surface area contributed by atoms with E-state index in [-0.39, 0.29) is 23.1 Å². The summed E-state index contributed by atoms with van der Waals surface area (Å²) >= 11 is 5.68. The van der Waals surface area contributed by atoms with Gasteiger partial charge in [-0.05, 0) is 19.3 Å². The van der Waals surface area contributed by atoms with Crippen LogP contribution in [0.3, 0.4) is 0 Å². The average Bonchev–Trinajstić information content (AvgIpc) is 2.66. The Labute approximate surface area is 107 Å². The number of alkyl halides is 3. The van der Waals surface area contributed by atoms with E-state index in [9.17, 15) is 13.2 Å². The fraction of sp³-hybridized carbons (Fsp3) is 0.600. The van der Waals surface area contributed by atoms with E-state index in [1.54, 1.807) is 0 Å². The van der Waals surface area contributed by atoms with Crippen molar-refractivity contribution in [3.8, 4) is 0 Å². The first-order chi connectivity index (χ1) is 8.38. The molecule has 1 heterocycles. The molecule has 0 radical (unpaired) electrons. The Bertz CT molecular complexity index is 438. The van der Waals surface area contributed by atoms with Gasteiger partial charge in [0.15, 0.2) is 16.7 Å². The molecule has 1 aromatic rings. The molecule has 1 saturated carbocycles. The highest BCUT2D eigenvalue weighted by Crippen LogP contribution is 2.30. The minimum Gasteiger partial charge on any atom is -0.363 e. The largest absolute Gasteiger partial charge is 0.434 e. The molecular formula is C10H12ClF3N4. The van der Waals surface area contributed by atoms with E-state index >= 15 is 0 Å². The highest BCUT2D eigenvalue weighted by molar-refractivity contribution is 6.31. The number of rotatable bonds is 2. The molecule has 1 aromatic heterocycles. The van der Waals surface area contributed by atoms with Crippen molar-refractivity contribution in [2.75, 3.05) is 5.32 Å². The molecular weight excluding hydrogens is 269 g/mol. The van der Waals surface area contributed by atoms with Crippen LogP contribution < -0.4 is 11.1 Å². The Morgan fingerprint density at radius 2 is 2.11 bits per heavy atom. The summed E-state index contributed by atoms with van der Waals surface area (Å²) in [5.74, 6) is 0.145. The Hall–Kier alpha value is -1.08. The van der Waals surface area contributed by atoms with Gasteiger partial charge in [-0.3, -0.25) is 0 Å². The van der Waals surface area contributed by atoms with Gasteiger partial charge in [0.25, 0.3) is 0 Å². The maximum atomic E-state index is 12.4. The van der Waals surface area contributed by atoms with Crippen molar-refractivity contribution >= 4 is 17.4 Å². The number of aromatic nitrogens is 2. The second-order valence-corrected chi connectivity index (χ2v) is 4.60. The SMILES string of the molecule is N[C@H]1CCCC1Nc1ncc(C(F)(F)F)nc1Cl. The van der Waals surface area contributed by atoms with E-state index in [4.69, 9.17) is 17.3 Å². The molecule has 2 rings (SSSR count). The third-order valence-electron chi connectivity index (χ3n) is 2.91. The number of halogens is 4. The molecule has 100 valence electrons. The minimum atomic E-state index is -4.54. The lowest BCUT2D eigenvalue weighted by Gasteiger charge is -2.18. The van der Waals surface area contributed by atoms with Gasteiger partial charge in [-0.2, -0.15) is 13.2 Å². The molecule has 0 spiro atoms. The molecule has 2 atom stereocenters. The van der Waals surface area contributed by atoms with Gasteiger partial charge in [0.1, 0.15) is 0 Å². The maximum Gasteiger partial charge on any atom is 0.434 e. The first-order valence-electron chi connectivity index (χ1n) is 5.50. The number of anilines is 1. The Kier molecular flexibility index (Phi) is 3.63. The number of hydrogen-bond donors (Lipinski definition) is 2. The van der Waals surface area contributed by atoms with E-state index in [0.717, 1.165) is 19.3 Å². The fourth-order valence-corrected chi connectivity index (χ4v) is 2.14. The Balaban J connectivity index is 2.15. The zero-order chi connectivity index (χ0) is 13.3. The Morgan fingerprint density at radius 3 is 2.61 bits per heavy atom. The molecule has 8 heteroatoms. The van der Waals surface area contributed by atoms with Gasteiger partial charge in [0, 0.05) is 12.1 Å². The smallest absolute Gasteiger partial charge is 0.363 e. The summed E-state index contributed by atoms with van der Waals surface area (Å²) in [6.07, 6.45) is -1.18. The van der Waals surface area contributed by atoms with Crippen LogP contribution in [0, 0.1) is 0 Å². The topological polar surface area (TPSA) is 63.8 Å². The standard InChI is InChI=1S/C10H12ClF3N4/c11-8-9(17-6-3-1-2-5(6)15)16-4-7(18-8)10(12,13)14/h4-6H,1-3,15H2,(H,16,17)/t5-,6?/m0/s1. The van der Waals surface area contributed by atoms with Crippen LogP contribution >= 0.6 is 11.6 Å². The summed E-state index contributed by atoms with van der Waals surface area (Å²) in [5.41, 5.74) is 4.74. The molecule has 0 saturated heterocycles. The second kappa shape index (κ2) is 4.89. The van der Waals surface area contributed by atoms with E-state index in [1.807, 2.05) is 0 Å². The third-order valence-corrected chi connectivity index (χ3v) is 3.18. The second-order valence-electron chi connectivity index (χ2n) is 4.24. The first kappa shape index (κ1) is 13.4. The number of nitrogens with two attached hydrogens (primary N) is 1. The molecule has 1 fully saturated rings. The summed E-state index contributed by atoms with van der Waals surface area (Å²) < 4.78 is 37.1. The lowest BCUT2D eigenvalue weighted by Crippen LogP contribution is -2.35. The molecule has 4 nitrogen and oxygen atoms in total. The van der Waals surface area contributed by atoms with E-state index in [1.165, 1.54) is 0 Å². The van der Waals surface area contributed by atoms with Gasteiger partial charge in [-0.15, -0.1) is 0 Å². The molecule has 0 bridgehead atoms. The maximum absolute atomic E-state index is 12.4. The van der Waals surface area contributed by atoms with Crippen molar-refractivity contribution in [2.45, 2.75) is 37.5 Å². The predicted octanol–water partition coefficient (Wildman–Crippen LogP) is 2.44. The zero-order valence-corrected chi connectivity index (χ0v) is 10.1. The van der Waals surface area contributed by atoms with E-state index in [2.05, 4.69) is 15.3 Å². The van der Waals surface area contributed by atoms with Crippen LogP contribution in [0.15, 0.2) is 6.20 Å². The summed E-state index contributed by atoms with van der Waals surface area (Å²) in [4.78, 5) is 6.95. The summed E-state index contributed by atoms with van der Waals surface area (Å²) in [6, 6.07) is -0.0568. The lowest BCUT2D eigenvalue weighted by molar-refractivity contribution is -0.141. The van der Waals surface area contributed by atoms with Crippen LogP contribution in [0.25, 0.3) is 0 Å². The number of hydrogen-bond acceptors (Lipinski definition) is 4. The van der Waals surface area contributed by atoms with Gasteiger partial charge in [-0.1, -0.05) is 11.6 Å². The minimum absolute atomic E-state index is 0.0199. The van der Waals surface area contributed by atoms with Crippen molar-refractivity contribution < 1.29 is 13.2 Å². The van der Waals surface area contributed by atoms with Crippen molar-refractivity contribution in [3.63, 3.8) is 0 Å². The van der Waals surface area contributed by atoms with Crippen molar-refractivity contribution in [2.24, 2.45) is 5.73 Å². The first-order valence-corrected chi connectivity index (χ1v) is 5.87. The quantitative estimate of drug-likeness (QED) is 0.873. The van der Waals surface area contributed by atoms with Crippen molar-refractivity contribution in [1.82, 2.24) is 9.97 Å². The molecule has 1 unspecified atom stereocenters. The molecule has 18 heavy (non-hydrogen) atoms. The third kappa shape index (κ3) is 2.84. The van der Waals surface area contributed by atoms with E-state index < -0.39 is 11.9 Å². The summed E-state index contributed by atoms with van der Waals surface area (Å²) in [5, 5.41) is 2.65. The molecule has 1 aliphatic carbocycles. The number of nitrogens with zero attached hydrogens (tertiary/aromatic N) is 2. The van der Waals surface area contributed by atoms with Crippen molar-refractivity contribution in [1.29, 1.82) is 0 Å². The normalized spacial score (nSPS) is 24.3. The number of nitrogens with one attached hydrogen (secondary N) is 1. The van der Waals surface area contributed by atoms with Gasteiger partial charge in [0.05, 0.1) is 6.20 Å². The van der Waals surface area contributed by atoms with Crippen molar-refractivity contribution in [3.05, 3.63) is 17.0 Å². The van der Waals surface area contributed by atoms with Gasteiger partial charge in [-0.25, -0.2) is 9.97 Å². The van der Waals surface area contributed by atoms with Crippen LogP contribution in [0.5, 0.6) is 0 Å². The van der Waals surface area contributed by atoms with Crippen LogP contribution in [0.4, 0.5) is 19.0 Å². The van der Waals surface area contributed by atoms with Gasteiger partial charge in [0.2, 0.25) is 0 Å². The van der Waals surface area contributed by atoms with Gasteiger partial charge >= 0.3 is 6.18 Å². The summed E-state index contributed by atoms with van der Waals surface area (Å²) in [7, 11) is 0. The van der Waals surface area contributed by atoms with Gasteiger partial charge < -0.3 is 11.1 Å². The highest BCUT2D eigenvalue weighted by atomic mass is 35.5. The van der Waals surface area contributed by atoms with Crippen LogP contribution in [-0.2, 0) is 6.18 Å².